The van der Waals surface area contributed by atoms with Gasteiger partial charge in [-0.25, -0.2) is 4.98 Å². The summed E-state index contributed by atoms with van der Waals surface area (Å²) in [6.45, 7) is 6.20. The Hall–Kier alpha value is -3.15. The van der Waals surface area contributed by atoms with Gasteiger partial charge >= 0.3 is 0 Å². The van der Waals surface area contributed by atoms with Gasteiger partial charge in [-0.2, -0.15) is 0 Å². The number of hydrogen-bond acceptors (Lipinski definition) is 4. The number of aromatic nitrogens is 1. The predicted octanol–water partition coefficient (Wildman–Crippen LogP) is 4.90. The molecule has 0 unspecified atom stereocenters. The third-order valence-electron chi connectivity index (χ3n) is 6.43. The van der Waals surface area contributed by atoms with Crippen LogP contribution in [0.15, 0.2) is 52.9 Å². The molecule has 1 aliphatic heterocycles. The van der Waals surface area contributed by atoms with E-state index in [0.29, 0.717) is 36.0 Å². The molecule has 168 valence electrons. The Morgan fingerprint density at radius 1 is 1.16 bits per heavy atom. The van der Waals surface area contributed by atoms with Crippen LogP contribution >= 0.6 is 0 Å². The third kappa shape index (κ3) is 4.85. The molecule has 6 heteroatoms. The largest absolute Gasteiger partial charge is 0.436 e. The highest BCUT2D eigenvalue weighted by atomic mass is 16.3. The number of benzene rings is 2. The highest BCUT2D eigenvalue weighted by Crippen LogP contribution is 2.28. The number of carbonyl (C=O) groups is 2. The third-order valence-corrected chi connectivity index (χ3v) is 6.43. The standard InChI is InChI=1S/C26H31N3O3/c1-3-4-14-27-24(30)18(2)19-12-15-29(16-13-19)26(31)21-10-11-22-23(17-21)32-25(28-22)20-8-6-5-7-9-20/h5-11,17-19H,3-4,12-16H2,1-2H3,(H,27,30)/t18-/m1/s1. The molecule has 3 aromatic rings. The lowest BCUT2D eigenvalue weighted by atomic mass is 9.84. The van der Waals surface area contributed by atoms with Gasteiger partial charge in [0, 0.05) is 36.7 Å². The molecular formula is C26H31N3O3. The fourth-order valence-corrected chi connectivity index (χ4v) is 4.31. The van der Waals surface area contributed by atoms with Crippen molar-refractivity contribution in [3.8, 4) is 11.5 Å². The van der Waals surface area contributed by atoms with Gasteiger partial charge in [0.1, 0.15) is 5.52 Å². The first-order valence-electron chi connectivity index (χ1n) is 11.6. The molecule has 0 radical (unpaired) electrons. The predicted molar refractivity (Wildman–Crippen MR) is 125 cm³/mol. The summed E-state index contributed by atoms with van der Waals surface area (Å²) in [4.78, 5) is 31.9. The number of nitrogens with one attached hydrogen (secondary N) is 1. The molecule has 0 bridgehead atoms. The molecule has 32 heavy (non-hydrogen) atoms. The van der Waals surface area contributed by atoms with Crippen molar-refractivity contribution in [1.29, 1.82) is 0 Å². The van der Waals surface area contributed by atoms with Crippen LogP contribution in [0.4, 0.5) is 0 Å². The summed E-state index contributed by atoms with van der Waals surface area (Å²) < 4.78 is 5.92. The molecule has 0 spiro atoms. The van der Waals surface area contributed by atoms with Gasteiger partial charge in [-0.3, -0.25) is 9.59 Å². The lowest BCUT2D eigenvalue weighted by molar-refractivity contribution is -0.126. The summed E-state index contributed by atoms with van der Waals surface area (Å²) in [5, 5.41) is 3.04. The topological polar surface area (TPSA) is 75.4 Å². The van der Waals surface area contributed by atoms with E-state index in [9.17, 15) is 9.59 Å². The van der Waals surface area contributed by atoms with Crippen molar-refractivity contribution in [2.45, 2.75) is 39.5 Å². The fraction of sp³-hybridized carbons (Fsp3) is 0.423. The van der Waals surface area contributed by atoms with Crippen LogP contribution in [0.25, 0.3) is 22.6 Å². The van der Waals surface area contributed by atoms with E-state index < -0.39 is 0 Å². The SMILES string of the molecule is CCCCNC(=O)[C@H](C)C1CCN(C(=O)c2ccc3nc(-c4ccccc4)oc3c2)CC1. The lowest BCUT2D eigenvalue weighted by Gasteiger charge is -2.34. The van der Waals surface area contributed by atoms with E-state index in [-0.39, 0.29) is 17.7 Å². The number of fused-ring (bicyclic) bond motifs is 1. The Bertz CT molecular complexity index is 1070. The van der Waals surface area contributed by atoms with Crippen LogP contribution in [0, 0.1) is 11.8 Å². The maximum atomic E-state index is 13.1. The second-order valence-corrected chi connectivity index (χ2v) is 8.63. The molecule has 6 nitrogen and oxygen atoms in total. The zero-order valence-electron chi connectivity index (χ0n) is 18.8. The van der Waals surface area contributed by atoms with Crippen LogP contribution in [0.1, 0.15) is 49.9 Å². The summed E-state index contributed by atoms with van der Waals surface area (Å²) in [5.74, 6) is 0.977. The van der Waals surface area contributed by atoms with Gasteiger partial charge in [-0.05, 0) is 55.5 Å². The number of oxazole rings is 1. The number of amides is 2. The van der Waals surface area contributed by atoms with Gasteiger partial charge in [0.25, 0.3) is 5.91 Å². The Kier molecular flexibility index (Phi) is 6.88. The normalized spacial score (nSPS) is 15.6. The maximum Gasteiger partial charge on any atom is 0.253 e. The van der Waals surface area contributed by atoms with Gasteiger partial charge in [0.05, 0.1) is 0 Å². The van der Waals surface area contributed by atoms with Crippen LogP contribution in [-0.2, 0) is 4.79 Å². The molecule has 2 aromatic carbocycles. The number of piperidine rings is 1. The maximum absolute atomic E-state index is 13.1. The summed E-state index contributed by atoms with van der Waals surface area (Å²) >= 11 is 0. The molecule has 0 aliphatic carbocycles. The van der Waals surface area contributed by atoms with Gasteiger partial charge < -0.3 is 14.6 Å². The quantitative estimate of drug-likeness (QED) is 0.538. The summed E-state index contributed by atoms with van der Waals surface area (Å²) in [6, 6.07) is 15.2. The first-order valence-corrected chi connectivity index (χ1v) is 11.6. The number of likely N-dealkylation sites (tertiary alicyclic amines) is 1. The van der Waals surface area contributed by atoms with E-state index in [1.165, 1.54) is 0 Å². The summed E-state index contributed by atoms with van der Waals surface area (Å²) in [7, 11) is 0. The van der Waals surface area contributed by atoms with E-state index in [1.807, 2.05) is 54.3 Å². The zero-order chi connectivity index (χ0) is 22.5. The average molecular weight is 434 g/mol. The summed E-state index contributed by atoms with van der Waals surface area (Å²) in [5.41, 5.74) is 2.87. The molecule has 2 heterocycles. The Labute approximate surface area is 189 Å². The van der Waals surface area contributed by atoms with E-state index in [1.54, 1.807) is 6.07 Å². The monoisotopic (exact) mass is 433 g/mol. The van der Waals surface area contributed by atoms with Crippen LogP contribution in [0.3, 0.4) is 0 Å². The number of hydrogen-bond donors (Lipinski definition) is 1. The number of rotatable bonds is 7. The number of nitrogens with zero attached hydrogens (tertiary/aromatic N) is 2. The molecule has 2 amide bonds. The van der Waals surface area contributed by atoms with Crippen LogP contribution in [0.2, 0.25) is 0 Å². The minimum atomic E-state index is -0.0222. The lowest BCUT2D eigenvalue weighted by Crippen LogP contribution is -2.42. The van der Waals surface area contributed by atoms with Crippen LogP contribution in [-0.4, -0.2) is 41.3 Å². The number of carbonyl (C=O) groups excluding carboxylic acids is 2. The molecule has 1 atom stereocenters. The highest BCUT2D eigenvalue weighted by Gasteiger charge is 2.30. The van der Waals surface area contributed by atoms with Crippen molar-refractivity contribution in [2.75, 3.05) is 19.6 Å². The minimum Gasteiger partial charge on any atom is -0.436 e. The second kappa shape index (κ2) is 9.98. The molecule has 1 saturated heterocycles. The van der Waals surface area contributed by atoms with E-state index in [0.717, 1.165) is 43.3 Å². The van der Waals surface area contributed by atoms with Crippen LogP contribution < -0.4 is 5.32 Å². The van der Waals surface area contributed by atoms with Crippen molar-refractivity contribution < 1.29 is 14.0 Å². The van der Waals surface area contributed by atoms with Crippen molar-refractivity contribution in [2.24, 2.45) is 11.8 Å². The average Bonchev–Trinajstić information content (AvgIpc) is 3.27. The van der Waals surface area contributed by atoms with Gasteiger partial charge in [-0.1, -0.05) is 38.5 Å². The van der Waals surface area contributed by atoms with E-state index in [4.69, 9.17) is 4.42 Å². The van der Waals surface area contributed by atoms with Gasteiger partial charge in [0.15, 0.2) is 5.58 Å². The van der Waals surface area contributed by atoms with E-state index in [2.05, 4.69) is 17.2 Å². The first-order chi connectivity index (χ1) is 15.6. The van der Waals surface area contributed by atoms with Crippen molar-refractivity contribution >= 4 is 22.9 Å². The molecule has 1 fully saturated rings. The molecule has 1 N–H and O–H groups in total. The van der Waals surface area contributed by atoms with Crippen LogP contribution in [0.5, 0.6) is 0 Å². The number of unbranched alkanes of at least 4 members (excludes halogenated alkanes) is 1. The zero-order valence-corrected chi connectivity index (χ0v) is 18.8. The second-order valence-electron chi connectivity index (χ2n) is 8.63. The van der Waals surface area contributed by atoms with Crippen molar-refractivity contribution in [3.63, 3.8) is 0 Å². The Balaban J connectivity index is 1.38. The molecule has 1 aromatic heterocycles. The van der Waals surface area contributed by atoms with Crippen molar-refractivity contribution in [1.82, 2.24) is 15.2 Å². The molecule has 0 saturated carbocycles. The fourth-order valence-electron chi connectivity index (χ4n) is 4.31. The Morgan fingerprint density at radius 2 is 1.91 bits per heavy atom. The highest BCUT2D eigenvalue weighted by molar-refractivity contribution is 5.97. The molecule has 1 aliphatic rings. The van der Waals surface area contributed by atoms with E-state index >= 15 is 0 Å². The Morgan fingerprint density at radius 3 is 2.62 bits per heavy atom. The van der Waals surface area contributed by atoms with Gasteiger partial charge in [0.2, 0.25) is 11.8 Å². The smallest absolute Gasteiger partial charge is 0.253 e. The van der Waals surface area contributed by atoms with Crippen molar-refractivity contribution in [3.05, 3.63) is 54.1 Å². The van der Waals surface area contributed by atoms with Gasteiger partial charge in [-0.15, -0.1) is 0 Å². The first kappa shape index (κ1) is 22.1. The minimum absolute atomic E-state index is 0.00283. The molecular weight excluding hydrogens is 402 g/mol. The molecule has 4 rings (SSSR count). The summed E-state index contributed by atoms with van der Waals surface area (Å²) in [6.07, 6.45) is 3.77.